The molecule has 0 unspecified atom stereocenters. The monoisotopic (exact) mass is 288 g/mol. The van der Waals surface area contributed by atoms with Gasteiger partial charge < -0.3 is 0 Å². The van der Waals surface area contributed by atoms with Crippen LogP contribution in [0.5, 0.6) is 0 Å². The smallest absolute Gasteiger partial charge is 0.194 e. The maximum absolute atomic E-state index is 2.28. The molecule has 3 rings (SSSR count). The van der Waals surface area contributed by atoms with Crippen molar-refractivity contribution < 1.29 is 4.57 Å². The lowest BCUT2D eigenvalue weighted by molar-refractivity contribution is -0.704. The SMILES string of the molecule is Cc1ccc(C(c2ccc(C)cc2)[n+]2ccc(C)cc2)cc1. The molecular weight excluding hydrogens is 266 g/mol. The van der Waals surface area contributed by atoms with Crippen molar-refractivity contribution in [3.8, 4) is 0 Å². The molecule has 2 aromatic carbocycles. The van der Waals surface area contributed by atoms with Gasteiger partial charge in [0.1, 0.15) is 0 Å². The number of hydrogen-bond acceptors (Lipinski definition) is 0. The van der Waals surface area contributed by atoms with Crippen molar-refractivity contribution in [3.05, 3.63) is 101 Å². The van der Waals surface area contributed by atoms with E-state index in [0.717, 1.165) is 0 Å². The molecule has 0 aliphatic carbocycles. The fourth-order valence-corrected chi connectivity index (χ4v) is 2.72. The highest BCUT2D eigenvalue weighted by atomic mass is 15.0. The first kappa shape index (κ1) is 14.5. The highest BCUT2D eigenvalue weighted by molar-refractivity contribution is 5.33. The molecule has 0 N–H and O–H groups in total. The minimum atomic E-state index is 0.210. The lowest BCUT2D eigenvalue weighted by atomic mass is 9.96. The Balaban J connectivity index is 2.10. The van der Waals surface area contributed by atoms with Crippen LogP contribution in [-0.4, -0.2) is 0 Å². The molecule has 3 aromatic rings. The zero-order valence-electron chi connectivity index (χ0n) is 13.5. The van der Waals surface area contributed by atoms with Crippen LogP contribution < -0.4 is 4.57 Å². The summed E-state index contributed by atoms with van der Waals surface area (Å²) in [5.41, 5.74) is 6.48. The first-order chi connectivity index (χ1) is 10.6. The standard InChI is InChI=1S/C21H22N/c1-16-4-8-19(9-5-16)21(20-10-6-17(2)7-11-20)22-14-12-18(3)13-15-22/h4-15,21H,1-3H3/q+1. The van der Waals surface area contributed by atoms with Crippen molar-refractivity contribution in [1.82, 2.24) is 0 Å². The quantitative estimate of drug-likeness (QED) is 0.623. The van der Waals surface area contributed by atoms with Gasteiger partial charge in [-0.1, -0.05) is 59.7 Å². The molecule has 1 heteroatoms. The van der Waals surface area contributed by atoms with Crippen LogP contribution in [0.2, 0.25) is 0 Å². The molecule has 0 aliphatic heterocycles. The summed E-state index contributed by atoms with van der Waals surface area (Å²) in [7, 11) is 0. The van der Waals surface area contributed by atoms with Crippen LogP contribution in [0.1, 0.15) is 33.9 Å². The molecule has 1 aromatic heterocycles. The predicted octanol–water partition coefficient (Wildman–Crippen LogP) is 4.54. The normalized spacial score (nSPS) is 10.9. The van der Waals surface area contributed by atoms with E-state index >= 15 is 0 Å². The van der Waals surface area contributed by atoms with Gasteiger partial charge in [-0.15, -0.1) is 0 Å². The molecule has 0 spiro atoms. The molecule has 22 heavy (non-hydrogen) atoms. The summed E-state index contributed by atoms with van der Waals surface area (Å²) >= 11 is 0. The summed E-state index contributed by atoms with van der Waals surface area (Å²) in [6.07, 6.45) is 4.33. The summed E-state index contributed by atoms with van der Waals surface area (Å²) < 4.78 is 2.28. The number of pyridine rings is 1. The maximum atomic E-state index is 2.28. The molecule has 0 amide bonds. The van der Waals surface area contributed by atoms with Gasteiger partial charge in [-0.3, -0.25) is 0 Å². The van der Waals surface area contributed by atoms with Gasteiger partial charge in [0.2, 0.25) is 6.04 Å². The van der Waals surface area contributed by atoms with Crippen LogP contribution in [0.15, 0.2) is 73.1 Å². The van der Waals surface area contributed by atoms with Gasteiger partial charge in [-0.25, -0.2) is 0 Å². The molecule has 0 fully saturated rings. The largest absolute Gasteiger partial charge is 0.208 e. The molecule has 110 valence electrons. The number of hydrogen-bond donors (Lipinski definition) is 0. The number of aromatic nitrogens is 1. The third-order valence-electron chi connectivity index (χ3n) is 4.10. The second-order valence-corrected chi connectivity index (χ2v) is 6.05. The minimum Gasteiger partial charge on any atom is -0.194 e. The van der Waals surface area contributed by atoms with E-state index in [1.54, 1.807) is 0 Å². The summed E-state index contributed by atoms with van der Waals surface area (Å²) in [5, 5.41) is 0. The van der Waals surface area contributed by atoms with E-state index in [1.807, 2.05) is 0 Å². The summed E-state index contributed by atoms with van der Waals surface area (Å²) in [5.74, 6) is 0. The van der Waals surface area contributed by atoms with Crippen molar-refractivity contribution in [1.29, 1.82) is 0 Å². The van der Waals surface area contributed by atoms with E-state index in [-0.39, 0.29) is 6.04 Å². The van der Waals surface area contributed by atoms with E-state index in [9.17, 15) is 0 Å². The van der Waals surface area contributed by atoms with Gasteiger partial charge >= 0.3 is 0 Å². The highest BCUT2D eigenvalue weighted by Crippen LogP contribution is 2.22. The van der Waals surface area contributed by atoms with E-state index in [4.69, 9.17) is 0 Å². The van der Waals surface area contributed by atoms with Crippen LogP contribution in [0, 0.1) is 20.8 Å². The van der Waals surface area contributed by atoms with Crippen molar-refractivity contribution >= 4 is 0 Å². The summed E-state index contributed by atoms with van der Waals surface area (Å²) in [6, 6.07) is 22.2. The van der Waals surface area contributed by atoms with Crippen molar-refractivity contribution in [2.75, 3.05) is 0 Å². The van der Waals surface area contributed by atoms with Crippen LogP contribution in [-0.2, 0) is 0 Å². The lowest BCUT2D eigenvalue weighted by Crippen LogP contribution is -2.40. The maximum Gasteiger partial charge on any atom is 0.208 e. The Hall–Kier alpha value is -2.41. The Morgan fingerprint density at radius 1 is 0.545 bits per heavy atom. The van der Waals surface area contributed by atoms with Gasteiger partial charge in [0.05, 0.1) is 0 Å². The Kier molecular flexibility index (Phi) is 4.06. The molecule has 0 radical (unpaired) electrons. The fraction of sp³-hybridized carbons (Fsp3) is 0.190. The molecule has 1 heterocycles. The number of benzene rings is 2. The van der Waals surface area contributed by atoms with Gasteiger partial charge in [0, 0.05) is 23.3 Å². The molecule has 0 aliphatic rings. The third-order valence-corrected chi connectivity index (χ3v) is 4.10. The topological polar surface area (TPSA) is 3.88 Å². The Morgan fingerprint density at radius 2 is 0.909 bits per heavy atom. The van der Waals surface area contributed by atoms with Gasteiger partial charge in [0.15, 0.2) is 12.4 Å². The van der Waals surface area contributed by atoms with Gasteiger partial charge in [0.25, 0.3) is 0 Å². The molecule has 0 atom stereocenters. The first-order valence-electron chi connectivity index (χ1n) is 7.74. The number of rotatable bonds is 3. The van der Waals surface area contributed by atoms with Crippen molar-refractivity contribution in [3.63, 3.8) is 0 Å². The molecular formula is C21H22N+. The van der Waals surface area contributed by atoms with Crippen LogP contribution in [0.4, 0.5) is 0 Å². The minimum absolute atomic E-state index is 0.210. The molecule has 0 bridgehead atoms. The van der Waals surface area contributed by atoms with E-state index in [1.165, 1.54) is 27.8 Å². The van der Waals surface area contributed by atoms with E-state index in [2.05, 4.69) is 98.4 Å². The van der Waals surface area contributed by atoms with Gasteiger partial charge in [-0.2, -0.15) is 4.57 Å². The van der Waals surface area contributed by atoms with Gasteiger partial charge in [-0.05, 0) is 26.3 Å². The Morgan fingerprint density at radius 3 is 1.32 bits per heavy atom. The second-order valence-electron chi connectivity index (χ2n) is 6.05. The first-order valence-corrected chi connectivity index (χ1v) is 7.74. The second kappa shape index (κ2) is 6.15. The third kappa shape index (κ3) is 3.09. The van der Waals surface area contributed by atoms with Crippen LogP contribution >= 0.6 is 0 Å². The predicted molar refractivity (Wildman–Crippen MR) is 91.0 cm³/mol. The van der Waals surface area contributed by atoms with Crippen LogP contribution in [0.25, 0.3) is 0 Å². The zero-order chi connectivity index (χ0) is 15.5. The Bertz CT molecular complexity index is 629. The number of aryl methyl sites for hydroxylation is 3. The van der Waals surface area contributed by atoms with Crippen LogP contribution in [0.3, 0.4) is 0 Å². The molecule has 0 saturated heterocycles. The molecule has 1 nitrogen and oxygen atoms in total. The molecule has 0 saturated carbocycles. The number of nitrogens with zero attached hydrogens (tertiary/aromatic N) is 1. The van der Waals surface area contributed by atoms with Crippen molar-refractivity contribution in [2.45, 2.75) is 26.8 Å². The summed E-state index contributed by atoms with van der Waals surface area (Å²) in [4.78, 5) is 0. The zero-order valence-corrected chi connectivity index (χ0v) is 13.5. The van der Waals surface area contributed by atoms with Crippen molar-refractivity contribution in [2.24, 2.45) is 0 Å². The summed E-state index contributed by atoms with van der Waals surface area (Å²) in [6.45, 7) is 6.38. The average Bonchev–Trinajstić information content (AvgIpc) is 2.53. The average molecular weight is 288 g/mol. The van der Waals surface area contributed by atoms with E-state index < -0.39 is 0 Å². The Labute approximate surface area is 132 Å². The van der Waals surface area contributed by atoms with E-state index in [0.29, 0.717) is 0 Å². The lowest BCUT2D eigenvalue weighted by Gasteiger charge is -2.14. The fourth-order valence-electron chi connectivity index (χ4n) is 2.72. The highest BCUT2D eigenvalue weighted by Gasteiger charge is 2.22.